The van der Waals surface area contributed by atoms with Crippen molar-refractivity contribution in [3.05, 3.63) is 58.8 Å². The number of rotatable bonds is 4. The largest absolute Gasteiger partial charge is 0.325 e. The Hall–Kier alpha value is -2.14. The maximum atomic E-state index is 12.7. The molecule has 26 heavy (non-hydrogen) atoms. The minimum atomic E-state index is -0.0208. The molecule has 3 aromatic rings. The van der Waals surface area contributed by atoms with Crippen LogP contribution in [-0.4, -0.2) is 15.5 Å². The molecule has 1 aliphatic carbocycles. The van der Waals surface area contributed by atoms with Crippen molar-refractivity contribution in [1.82, 2.24) is 9.55 Å². The average Bonchev–Trinajstić information content (AvgIpc) is 3.03. The maximum Gasteiger partial charge on any atom is 0.244 e. The van der Waals surface area contributed by atoms with Crippen molar-refractivity contribution in [2.75, 3.05) is 5.32 Å². The smallest absolute Gasteiger partial charge is 0.244 e. The molecule has 1 heterocycles. The summed E-state index contributed by atoms with van der Waals surface area (Å²) in [4.78, 5) is 17.6. The second kappa shape index (κ2) is 7.62. The van der Waals surface area contributed by atoms with Gasteiger partial charge in [0.1, 0.15) is 12.4 Å². The molecule has 0 aliphatic heterocycles. The van der Waals surface area contributed by atoms with E-state index in [9.17, 15) is 4.79 Å². The van der Waals surface area contributed by atoms with Gasteiger partial charge in [0.2, 0.25) is 5.91 Å². The lowest BCUT2D eigenvalue weighted by Crippen LogP contribution is -2.21. The van der Waals surface area contributed by atoms with E-state index in [4.69, 9.17) is 4.98 Å². The molecule has 1 N–H and O–H groups in total. The van der Waals surface area contributed by atoms with Gasteiger partial charge in [0.05, 0.1) is 11.0 Å². The fraction of sp³-hybridized carbons (Fsp3) is 0.333. The standard InChI is InChI=1S/C21H22BrN3O/c22-16-10-12-17(13-11-16)23-20(26)14-25-19-9-5-4-8-18(19)24-21(25)15-6-2-1-3-7-15/h4-5,8-13,15H,1-3,6-7,14H2,(H,23,26). The first-order valence-electron chi connectivity index (χ1n) is 9.21. The number of imidazole rings is 1. The first kappa shape index (κ1) is 17.3. The minimum absolute atomic E-state index is 0.0208. The SMILES string of the molecule is O=C(Cn1c(C2CCCCC2)nc2ccccc21)Nc1ccc(Br)cc1. The molecule has 1 fully saturated rings. The summed E-state index contributed by atoms with van der Waals surface area (Å²) in [5.41, 5.74) is 2.82. The molecule has 1 saturated carbocycles. The zero-order valence-corrected chi connectivity index (χ0v) is 16.2. The third-order valence-corrected chi connectivity index (χ3v) is 5.61. The number of aromatic nitrogens is 2. The van der Waals surface area contributed by atoms with Crippen molar-refractivity contribution >= 4 is 38.6 Å². The lowest BCUT2D eigenvalue weighted by atomic mass is 9.88. The van der Waals surface area contributed by atoms with E-state index >= 15 is 0 Å². The van der Waals surface area contributed by atoms with Gasteiger partial charge >= 0.3 is 0 Å². The molecule has 1 aromatic heterocycles. The average molecular weight is 412 g/mol. The van der Waals surface area contributed by atoms with E-state index in [0.29, 0.717) is 12.5 Å². The fourth-order valence-electron chi connectivity index (χ4n) is 3.81. The van der Waals surface area contributed by atoms with E-state index in [1.54, 1.807) is 0 Å². The first-order valence-corrected chi connectivity index (χ1v) is 10.0. The lowest BCUT2D eigenvalue weighted by molar-refractivity contribution is -0.116. The van der Waals surface area contributed by atoms with E-state index in [1.807, 2.05) is 42.5 Å². The van der Waals surface area contributed by atoms with Gasteiger partial charge in [-0.05, 0) is 49.2 Å². The van der Waals surface area contributed by atoms with Crippen molar-refractivity contribution in [2.24, 2.45) is 0 Å². The molecule has 2 aromatic carbocycles. The number of anilines is 1. The highest BCUT2D eigenvalue weighted by atomic mass is 79.9. The summed E-state index contributed by atoms with van der Waals surface area (Å²) >= 11 is 3.42. The van der Waals surface area contributed by atoms with Crippen molar-refractivity contribution in [1.29, 1.82) is 0 Å². The summed E-state index contributed by atoms with van der Waals surface area (Å²) in [6, 6.07) is 15.8. The van der Waals surface area contributed by atoms with Crippen LogP contribution in [0.2, 0.25) is 0 Å². The second-order valence-electron chi connectivity index (χ2n) is 6.93. The number of nitrogens with zero attached hydrogens (tertiary/aromatic N) is 2. The van der Waals surface area contributed by atoms with Crippen LogP contribution in [0.4, 0.5) is 5.69 Å². The number of carbonyl (C=O) groups excluding carboxylic acids is 1. The van der Waals surface area contributed by atoms with Crippen LogP contribution < -0.4 is 5.32 Å². The molecule has 0 atom stereocenters. The highest BCUT2D eigenvalue weighted by Crippen LogP contribution is 2.34. The van der Waals surface area contributed by atoms with Crippen LogP contribution in [0.25, 0.3) is 11.0 Å². The topological polar surface area (TPSA) is 46.9 Å². The van der Waals surface area contributed by atoms with Crippen LogP contribution in [0.1, 0.15) is 43.8 Å². The van der Waals surface area contributed by atoms with Gasteiger partial charge in [0.25, 0.3) is 0 Å². The third-order valence-electron chi connectivity index (χ3n) is 5.08. The number of benzene rings is 2. The molecule has 1 aliphatic rings. The molecule has 134 valence electrons. The quantitative estimate of drug-likeness (QED) is 0.617. The summed E-state index contributed by atoms with van der Waals surface area (Å²) in [6.45, 7) is 0.294. The van der Waals surface area contributed by atoms with Gasteiger partial charge in [-0.25, -0.2) is 4.98 Å². The molecule has 0 saturated heterocycles. The molecule has 4 nitrogen and oxygen atoms in total. The van der Waals surface area contributed by atoms with Crippen molar-refractivity contribution in [2.45, 2.75) is 44.6 Å². The Morgan fingerprint density at radius 3 is 2.58 bits per heavy atom. The molecule has 0 radical (unpaired) electrons. The Labute approximate surface area is 161 Å². The van der Waals surface area contributed by atoms with Crippen LogP contribution >= 0.6 is 15.9 Å². The first-order chi connectivity index (χ1) is 12.7. The minimum Gasteiger partial charge on any atom is -0.325 e. The molecule has 0 spiro atoms. The van der Waals surface area contributed by atoms with Crippen LogP contribution in [0.3, 0.4) is 0 Å². The number of para-hydroxylation sites is 2. The van der Waals surface area contributed by atoms with E-state index in [0.717, 1.165) is 39.9 Å². The number of hydrogen-bond acceptors (Lipinski definition) is 2. The van der Waals surface area contributed by atoms with Crippen molar-refractivity contribution < 1.29 is 4.79 Å². The Bertz CT molecular complexity index is 911. The van der Waals surface area contributed by atoms with Gasteiger partial charge < -0.3 is 9.88 Å². The summed E-state index contributed by atoms with van der Waals surface area (Å²) in [6.07, 6.45) is 6.13. The molecular weight excluding hydrogens is 390 g/mol. The Morgan fingerprint density at radius 2 is 1.81 bits per heavy atom. The van der Waals surface area contributed by atoms with Gasteiger partial charge in [-0.1, -0.05) is 47.3 Å². The summed E-state index contributed by atoms with van der Waals surface area (Å²) in [7, 11) is 0. The Balaban J connectivity index is 1.61. The summed E-state index contributed by atoms with van der Waals surface area (Å²) < 4.78 is 3.11. The van der Waals surface area contributed by atoms with E-state index in [-0.39, 0.29) is 5.91 Å². The lowest BCUT2D eigenvalue weighted by Gasteiger charge is -2.22. The van der Waals surface area contributed by atoms with Gasteiger partial charge in [-0.2, -0.15) is 0 Å². The van der Waals surface area contributed by atoms with Crippen molar-refractivity contribution in [3.63, 3.8) is 0 Å². The Kier molecular flexibility index (Phi) is 5.07. The number of hydrogen-bond donors (Lipinski definition) is 1. The molecule has 0 bridgehead atoms. The third kappa shape index (κ3) is 3.68. The van der Waals surface area contributed by atoms with E-state index in [2.05, 4.69) is 31.9 Å². The molecule has 0 unspecified atom stereocenters. The maximum absolute atomic E-state index is 12.7. The normalized spacial score (nSPS) is 15.3. The van der Waals surface area contributed by atoms with Crippen LogP contribution in [0.5, 0.6) is 0 Å². The van der Waals surface area contributed by atoms with Gasteiger partial charge in [0.15, 0.2) is 0 Å². The van der Waals surface area contributed by atoms with E-state index in [1.165, 1.54) is 19.3 Å². The monoisotopic (exact) mass is 411 g/mol. The second-order valence-corrected chi connectivity index (χ2v) is 7.85. The zero-order chi connectivity index (χ0) is 17.9. The van der Waals surface area contributed by atoms with Crippen LogP contribution in [0, 0.1) is 0 Å². The van der Waals surface area contributed by atoms with Crippen LogP contribution in [-0.2, 0) is 11.3 Å². The highest BCUT2D eigenvalue weighted by Gasteiger charge is 2.23. The highest BCUT2D eigenvalue weighted by molar-refractivity contribution is 9.10. The number of carbonyl (C=O) groups is 1. The van der Waals surface area contributed by atoms with Crippen molar-refractivity contribution in [3.8, 4) is 0 Å². The number of fused-ring (bicyclic) bond motifs is 1. The fourth-order valence-corrected chi connectivity index (χ4v) is 4.07. The summed E-state index contributed by atoms with van der Waals surface area (Å²) in [5, 5.41) is 2.99. The van der Waals surface area contributed by atoms with Crippen LogP contribution in [0.15, 0.2) is 53.0 Å². The molecule has 4 rings (SSSR count). The molecule has 1 amide bonds. The summed E-state index contributed by atoms with van der Waals surface area (Å²) in [5.74, 6) is 1.50. The Morgan fingerprint density at radius 1 is 1.08 bits per heavy atom. The number of amides is 1. The molecule has 5 heteroatoms. The van der Waals surface area contributed by atoms with Gasteiger partial charge in [-0.3, -0.25) is 4.79 Å². The predicted octanol–water partition coefficient (Wildman–Crippen LogP) is 5.49. The molecular formula is C21H22BrN3O. The zero-order valence-electron chi connectivity index (χ0n) is 14.6. The van der Waals surface area contributed by atoms with E-state index < -0.39 is 0 Å². The number of nitrogens with one attached hydrogen (secondary N) is 1. The van der Waals surface area contributed by atoms with Gasteiger partial charge in [0, 0.05) is 16.1 Å². The van der Waals surface area contributed by atoms with Gasteiger partial charge in [-0.15, -0.1) is 0 Å². The number of halogens is 1. The predicted molar refractivity (Wildman–Crippen MR) is 108 cm³/mol.